The Morgan fingerprint density at radius 1 is 1.50 bits per heavy atom. The van der Waals surface area contributed by atoms with Crippen LogP contribution in [0.2, 0.25) is 5.02 Å². The molecule has 0 spiro atoms. The average Bonchev–Trinajstić information content (AvgIpc) is 2.62. The van der Waals surface area contributed by atoms with Gasteiger partial charge in [0.1, 0.15) is 18.2 Å². The number of aromatic nitrogens is 2. The number of nitrogens with zero attached hydrogens (tertiary/aromatic N) is 2. The summed E-state index contributed by atoms with van der Waals surface area (Å²) in [5.41, 5.74) is 1.85. The number of rotatable bonds is 4. The van der Waals surface area contributed by atoms with Crippen LogP contribution >= 0.6 is 11.6 Å². The number of aliphatic hydroxyl groups is 1. The Kier molecular flexibility index (Phi) is 4.30. The molecule has 1 N–H and O–H groups in total. The first-order valence-corrected chi connectivity index (χ1v) is 6.56. The molecular weight excluding hydrogens is 283 g/mol. The van der Waals surface area contributed by atoms with Crippen LogP contribution in [0.5, 0.6) is 5.75 Å². The number of benzene rings is 1. The summed E-state index contributed by atoms with van der Waals surface area (Å²) in [6.45, 7) is 3.56. The van der Waals surface area contributed by atoms with Gasteiger partial charge in [-0.25, -0.2) is 4.39 Å². The predicted octanol–water partition coefficient (Wildman–Crippen LogP) is 3.15. The number of ether oxygens (including phenoxy) is 1. The highest BCUT2D eigenvalue weighted by Crippen LogP contribution is 2.28. The molecule has 2 rings (SSSR count). The van der Waals surface area contributed by atoms with Crippen molar-refractivity contribution in [2.45, 2.75) is 26.6 Å². The minimum Gasteiger partial charge on any atom is -0.487 e. The normalized spacial score (nSPS) is 12.5. The van der Waals surface area contributed by atoms with E-state index in [2.05, 4.69) is 5.10 Å². The molecule has 4 nitrogen and oxygen atoms in total. The van der Waals surface area contributed by atoms with E-state index < -0.39 is 11.9 Å². The van der Waals surface area contributed by atoms with E-state index in [1.807, 2.05) is 6.92 Å². The largest absolute Gasteiger partial charge is 0.487 e. The van der Waals surface area contributed by atoms with Crippen LogP contribution in [0.4, 0.5) is 4.39 Å². The number of aliphatic hydroxyl groups excluding tert-OH is 1. The molecule has 0 radical (unpaired) electrons. The van der Waals surface area contributed by atoms with Crippen molar-refractivity contribution in [3.8, 4) is 5.75 Å². The second-order valence-electron chi connectivity index (χ2n) is 4.62. The van der Waals surface area contributed by atoms with Gasteiger partial charge in [0, 0.05) is 12.6 Å². The molecule has 0 aliphatic carbocycles. The second-order valence-corrected chi connectivity index (χ2v) is 4.99. The zero-order valence-electron chi connectivity index (χ0n) is 11.5. The van der Waals surface area contributed by atoms with Crippen LogP contribution < -0.4 is 4.74 Å². The van der Waals surface area contributed by atoms with E-state index in [-0.39, 0.29) is 6.61 Å². The Bertz CT molecular complexity index is 626. The predicted molar refractivity (Wildman–Crippen MR) is 74.3 cm³/mol. The summed E-state index contributed by atoms with van der Waals surface area (Å²) in [7, 11) is 1.78. The molecular formula is C14H16ClFN2O2. The van der Waals surface area contributed by atoms with Crippen LogP contribution in [0.1, 0.15) is 30.0 Å². The van der Waals surface area contributed by atoms with E-state index in [0.717, 1.165) is 11.4 Å². The van der Waals surface area contributed by atoms with Gasteiger partial charge < -0.3 is 9.84 Å². The molecule has 108 valence electrons. The van der Waals surface area contributed by atoms with Crippen molar-refractivity contribution < 1.29 is 14.2 Å². The minimum absolute atomic E-state index is 0.196. The fourth-order valence-electron chi connectivity index (χ4n) is 1.96. The van der Waals surface area contributed by atoms with E-state index in [4.69, 9.17) is 16.3 Å². The van der Waals surface area contributed by atoms with Gasteiger partial charge in [-0.1, -0.05) is 11.6 Å². The van der Waals surface area contributed by atoms with Gasteiger partial charge in [0.2, 0.25) is 0 Å². The Morgan fingerprint density at radius 3 is 2.75 bits per heavy atom. The lowest BCUT2D eigenvalue weighted by Crippen LogP contribution is -2.06. The van der Waals surface area contributed by atoms with E-state index in [0.29, 0.717) is 16.3 Å². The van der Waals surface area contributed by atoms with Crippen molar-refractivity contribution >= 4 is 11.6 Å². The Labute approximate surface area is 121 Å². The van der Waals surface area contributed by atoms with Gasteiger partial charge >= 0.3 is 0 Å². The lowest BCUT2D eigenvalue weighted by molar-refractivity contribution is 0.189. The van der Waals surface area contributed by atoms with Crippen molar-refractivity contribution in [3.05, 3.63) is 46.0 Å². The molecule has 1 aromatic heterocycles. The van der Waals surface area contributed by atoms with E-state index >= 15 is 0 Å². The Hall–Kier alpha value is -1.59. The number of hydrogen-bond acceptors (Lipinski definition) is 3. The topological polar surface area (TPSA) is 47.3 Å². The number of halogens is 2. The fraction of sp³-hybridized carbons (Fsp3) is 0.357. The van der Waals surface area contributed by atoms with E-state index in [9.17, 15) is 9.50 Å². The van der Waals surface area contributed by atoms with Crippen molar-refractivity contribution in [1.29, 1.82) is 0 Å². The molecule has 1 atom stereocenters. The Morgan fingerprint density at radius 2 is 2.20 bits per heavy atom. The van der Waals surface area contributed by atoms with E-state index in [1.165, 1.54) is 18.2 Å². The van der Waals surface area contributed by atoms with Crippen molar-refractivity contribution in [2.75, 3.05) is 0 Å². The molecule has 0 unspecified atom stereocenters. The molecule has 0 aliphatic rings. The molecule has 1 heterocycles. The van der Waals surface area contributed by atoms with Crippen molar-refractivity contribution in [1.82, 2.24) is 9.78 Å². The first-order valence-electron chi connectivity index (χ1n) is 6.18. The molecule has 0 aliphatic heterocycles. The highest BCUT2D eigenvalue weighted by molar-refractivity contribution is 6.31. The number of hydrogen-bond donors (Lipinski definition) is 1. The maximum absolute atomic E-state index is 13.2. The van der Waals surface area contributed by atoms with Crippen molar-refractivity contribution in [2.24, 2.45) is 7.05 Å². The zero-order valence-corrected chi connectivity index (χ0v) is 12.3. The summed E-state index contributed by atoms with van der Waals surface area (Å²) in [4.78, 5) is 0. The summed E-state index contributed by atoms with van der Waals surface area (Å²) in [6.07, 6.45) is -0.815. The van der Waals surface area contributed by atoms with Gasteiger partial charge in [-0.15, -0.1) is 0 Å². The lowest BCUT2D eigenvalue weighted by atomic mass is 10.1. The summed E-state index contributed by atoms with van der Waals surface area (Å²) in [5.74, 6) is 0.0129. The molecule has 6 heteroatoms. The maximum atomic E-state index is 13.2. The van der Waals surface area contributed by atoms with Crippen LogP contribution in [-0.4, -0.2) is 14.9 Å². The van der Waals surface area contributed by atoms with Gasteiger partial charge in [0.05, 0.1) is 22.5 Å². The third-order valence-electron chi connectivity index (χ3n) is 3.05. The third kappa shape index (κ3) is 2.94. The summed E-state index contributed by atoms with van der Waals surface area (Å²) in [6, 6.07) is 4.04. The van der Waals surface area contributed by atoms with Gasteiger partial charge in [-0.05, 0) is 32.0 Å². The molecule has 0 fully saturated rings. The molecule has 1 aromatic carbocycles. The first-order chi connectivity index (χ1) is 9.40. The molecule has 0 amide bonds. The second kappa shape index (κ2) is 5.81. The van der Waals surface area contributed by atoms with Crippen LogP contribution in [0.25, 0.3) is 0 Å². The monoisotopic (exact) mass is 298 g/mol. The smallest absolute Gasteiger partial charge is 0.131 e. The standard InChI is InChI=1S/C14H16ClFN2O2/c1-8-14(15)12(18(3)17-8)7-20-13-5-4-10(16)6-11(13)9(2)19/h4-6,9,19H,7H2,1-3H3/t9-/m0/s1. The van der Waals surface area contributed by atoms with Gasteiger partial charge in [0.15, 0.2) is 0 Å². The average molecular weight is 299 g/mol. The highest BCUT2D eigenvalue weighted by Gasteiger charge is 2.14. The fourth-order valence-corrected chi connectivity index (χ4v) is 2.17. The van der Waals surface area contributed by atoms with Gasteiger partial charge in [0.25, 0.3) is 0 Å². The third-order valence-corrected chi connectivity index (χ3v) is 3.54. The van der Waals surface area contributed by atoms with Crippen LogP contribution in [0, 0.1) is 12.7 Å². The van der Waals surface area contributed by atoms with Gasteiger partial charge in [-0.2, -0.15) is 5.10 Å². The van der Waals surface area contributed by atoms with Crippen molar-refractivity contribution in [3.63, 3.8) is 0 Å². The number of aryl methyl sites for hydroxylation is 2. The van der Waals surface area contributed by atoms with E-state index in [1.54, 1.807) is 18.7 Å². The summed E-state index contributed by atoms with van der Waals surface area (Å²) >= 11 is 6.14. The first kappa shape index (κ1) is 14.8. The maximum Gasteiger partial charge on any atom is 0.131 e. The highest BCUT2D eigenvalue weighted by atomic mass is 35.5. The molecule has 0 bridgehead atoms. The van der Waals surface area contributed by atoms with Crippen LogP contribution in [-0.2, 0) is 13.7 Å². The molecule has 2 aromatic rings. The summed E-state index contributed by atoms with van der Waals surface area (Å²) < 4.78 is 20.5. The Balaban J connectivity index is 2.23. The van der Waals surface area contributed by atoms with Crippen LogP contribution in [0.3, 0.4) is 0 Å². The lowest BCUT2D eigenvalue weighted by Gasteiger charge is -2.13. The minimum atomic E-state index is -0.815. The molecule has 0 saturated heterocycles. The zero-order chi connectivity index (χ0) is 14.9. The SMILES string of the molecule is Cc1nn(C)c(COc2ccc(F)cc2[C@H](C)O)c1Cl. The quantitative estimate of drug-likeness (QED) is 0.943. The van der Waals surface area contributed by atoms with Gasteiger partial charge in [-0.3, -0.25) is 4.68 Å². The molecule has 20 heavy (non-hydrogen) atoms. The summed E-state index contributed by atoms with van der Waals surface area (Å²) in [5, 5.41) is 14.4. The molecule has 0 saturated carbocycles. The van der Waals surface area contributed by atoms with Crippen LogP contribution in [0.15, 0.2) is 18.2 Å².